The van der Waals surface area contributed by atoms with Gasteiger partial charge < -0.3 is 10.5 Å². The van der Waals surface area contributed by atoms with E-state index in [0.717, 1.165) is 19.8 Å². The van der Waals surface area contributed by atoms with Gasteiger partial charge in [-0.1, -0.05) is 13.3 Å². The Hall–Kier alpha value is -0.120. The van der Waals surface area contributed by atoms with E-state index in [9.17, 15) is 0 Å². The molecule has 2 fully saturated rings. The molecule has 2 aliphatic rings. The van der Waals surface area contributed by atoms with Gasteiger partial charge in [0.2, 0.25) is 0 Å². The van der Waals surface area contributed by atoms with Gasteiger partial charge in [-0.15, -0.1) is 0 Å². The van der Waals surface area contributed by atoms with Gasteiger partial charge >= 0.3 is 0 Å². The van der Waals surface area contributed by atoms with Gasteiger partial charge in [-0.25, -0.2) is 0 Å². The number of rotatable bonds is 1. The molecule has 0 aromatic heterocycles. The molecule has 1 aliphatic heterocycles. The van der Waals surface area contributed by atoms with Gasteiger partial charge in [0.05, 0.1) is 13.2 Å². The summed E-state index contributed by atoms with van der Waals surface area (Å²) >= 11 is 0. The zero-order valence-corrected chi connectivity index (χ0v) is 9.11. The molecule has 1 saturated carbocycles. The Morgan fingerprint density at radius 3 is 2.93 bits per heavy atom. The Balaban J connectivity index is 1.94. The second-order valence-corrected chi connectivity index (χ2v) is 4.84. The van der Waals surface area contributed by atoms with Crippen LogP contribution in [0.3, 0.4) is 0 Å². The molecule has 0 radical (unpaired) electrons. The monoisotopic (exact) mass is 198 g/mol. The molecule has 1 heterocycles. The Morgan fingerprint density at radius 2 is 2.21 bits per heavy atom. The molecule has 14 heavy (non-hydrogen) atoms. The summed E-state index contributed by atoms with van der Waals surface area (Å²) in [6, 6.07) is 1.03. The van der Waals surface area contributed by atoms with Crippen molar-refractivity contribution in [3.63, 3.8) is 0 Å². The van der Waals surface area contributed by atoms with Crippen molar-refractivity contribution in [1.82, 2.24) is 4.90 Å². The van der Waals surface area contributed by atoms with Crippen molar-refractivity contribution in [3.8, 4) is 0 Å². The van der Waals surface area contributed by atoms with Crippen LogP contribution >= 0.6 is 0 Å². The van der Waals surface area contributed by atoms with Crippen molar-refractivity contribution in [3.05, 3.63) is 0 Å². The predicted octanol–water partition coefficient (Wildman–Crippen LogP) is 0.835. The smallest absolute Gasteiger partial charge is 0.0593 e. The van der Waals surface area contributed by atoms with Crippen LogP contribution in [-0.2, 0) is 4.74 Å². The molecule has 3 nitrogen and oxygen atoms in total. The molecular formula is C11H22N2O. The highest BCUT2D eigenvalue weighted by Gasteiger charge is 2.30. The first-order chi connectivity index (χ1) is 6.77. The number of nitrogens with zero attached hydrogens (tertiary/aromatic N) is 1. The lowest BCUT2D eigenvalue weighted by atomic mass is 10.1. The highest BCUT2D eigenvalue weighted by molar-refractivity contribution is 4.89. The maximum absolute atomic E-state index is 6.12. The summed E-state index contributed by atoms with van der Waals surface area (Å²) in [6.45, 7) is 6.30. The molecule has 0 spiro atoms. The topological polar surface area (TPSA) is 38.5 Å². The second-order valence-electron chi connectivity index (χ2n) is 4.84. The Morgan fingerprint density at radius 1 is 1.36 bits per heavy atom. The Kier molecular flexibility index (Phi) is 3.42. The summed E-state index contributed by atoms with van der Waals surface area (Å²) in [5, 5.41) is 0. The van der Waals surface area contributed by atoms with E-state index in [2.05, 4.69) is 11.8 Å². The third-order valence-corrected chi connectivity index (χ3v) is 3.47. The van der Waals surface area contributed by atoms with Crippen molar-refractivity contribution in [1.29, 1.82) is 0 Å². The summed E-state index contributed by atoms with van der Waals surface area (Å²) in [5.74, 6) is 0.658. The molecule has 0 aromatic rings. The van der Waals surface area contributed by atoms with Crippen molar-refractivity contribution in [2.45, 2.75) is 38.3 Å². The lowest BCUT2D eigenvalue weighted by molar-refractivity contribution is 0.122. The van der Waals surface area contributed by atoms with Crippen LogP contribution in [-0.4, -0.2) is 43.3 Å². The lowest BCUT2D eigenvalue weighted by Crippen LogP contribution is -2.46. The van der Waals surface area contributed by atoms with Crippen LogP contribution in [0, 0.1) is 5.92 Å². The van der Waals surface area contributed by atoms with Crippen molar-refractivity contribution >= 4 is 0 Å². The van der Waals surface area contributed by atoms with Crippen molar-refractivity contribution in [2.24, 2.45) is 11.7 Å². The first-order valence-electron chi connectivity index (χ1n) is 5.85. The zero-order valence-electron chi connectivity index (χ0n) is 9.11. The number of nitrogens with two attached hydrogens (primary N) is 1. The number of hydrogen-bond acceptors (Lipinski definition) is 3. The van der Waals surface area contributed by atoms with E-state index < -0.39 is 0 Å². The third-order valence-electron chi connectivity index (χ3n) is 3.47. The molecular weight excluding hydrogens is 176 g/mol. The maximum Gasteiger partial charge on any atom is 0.0593 e. The molecule has 3 atom stereocenters. The first-order valence-corrected chi connectivity index (χ1v) is 5.85. The van der Waals surface area contributed by atoms with E-state index in [-0.39, 0.29) is 0 Å². The van der Waals surface area contributed by atoms with E-state index in [0.29, 0.717) is 18.0 Å². The lowest BCUT2D eigenvalue weighted by Gasteiger charge is -2.31. The zero-order chi connectivity index (χ0) is 9.97. The van der Waals surface area contributed by atoms with Gasteiger partial charge in [0, 0.05) is 25.2 Å². The molecule has 0 aromatic carbocycles. The first kappa shape index (κ1) is 10.4. The van der Waals surface area contributed by atoms with Crippen LogP contribution in [0.5, 0.6) is 0 Å². The van der Waals surface area contributed by atoms with Gasteiger partial charge in [-0.3, -0.25) is 4.90 Å². The molecule has 2 rings (SSSR count). The SMILES string of the molecule is CC1COCCN(C2CCCC2N)C1. The van der Waals surface area contributed by atoms with E-state index in [1.165, 1.54) is 25.8 Å². The second kappa shape index (κ2) is 4.60. The van der Waals surface area contributed by atoms with E-state index >= 15 is 0 Å². The van der Waals surface area contributed by atoms with Crippen LogP contribution in [0.2, 0.25) is 0 Å². The molecule has 3 heteroatoms. The third kappa shape index (κ3) is 2.27. The van der Waals surface area contributed by atoms with E-state index in [1.807, 2.05) is 0 Å². The molecule has 2 N–H and O–H groups in total. The van der Waals surface area contributed by atoms with Crippen LogP contribution in [0.25, 0.3) is 0 Å². The van der Waals surface area contributed by atoms with Crippen LogP contribution in [0.15, 0.2) is 0 Å². The predicted molar refractivity (Wildman–Crippen MR) is 57.2 cm³/mol. The largest absolute Gasteiger partial charge is 0.380 e. The van der Waals surface area contributed by atoms with Gasteiger partial charge in [-0.05, 0) is 18.8 Å². The Bertz CT molecular complexity index is 186. The number of ether oxygens (including phenoxy) is 1. The standard InChI is InChI=1S/C11H22N2O/c1-9-7-13(5-6-14-8-9)11-4-2-3-10(11)12/h9-11H,2-8,12H2,1H3. The normalized spacial score (nSPS) is 41.1. The van der Waals surface area contributed by atoms with Gasteiger partial charge in [0.15, 0.2) is 0 Å². The highest BCUT2D eigenvalue weighted by Crippen LogP contribution is 2.24. The minimum absolute atomic E-state index is 0.403. The fourth-order valence-electron chi connectivity index (χ4n) is 2.73. The minimum atomic E-state index is 0.403. The summed E-state index contributed by atoms with van der Waals surface area (Å²) in [6.07, 6.45) is 3.79. The van der Waals surface area contributed by atoms with Crippen molar-refractivity contribution in [2.75, 3.05) is 26.3 Å². The molecule has 0 amide bonds. The molecule has 1 saturated heterocycles. The quantitative estimate of drug-likeness (QED) is 0.678. The van der Waals surface area contributed by atoms with Gasteiger partial charge in [-0.2, -0.15) is 0 Å². The summed E-state index contributed by atoms with van der Waals surface area (Å²) in [4.78, 5) is 2.55. The summed E-state index contributed by atoms with van der Waals surface area (Å²) < 4.78 is 5.55. The van der Waals surface area contributed by atoms with Gasteiger partial charge in [0.1, 0.15) is 0 Å². The van der Waals surface area contributed by atoms with E-state index in [4.69, 9.17) is 10.5 Å². The molecule has 3 unspecified atom stereocenters. The molecule has 1 aliphatic carbocycles. The molecule has 0 bridgehead atoms. The fourth-order valence-corrected chi connectivity index (χ4v) is 2.73. The Labute approximate surface area is 86.6 Å². The van der Waals surface area contributed by atoms with E-state index in [1.54, 1.807) is 0 Å². The molecule has 82 valence electrons. The average molecular weight is 198 g/mol. The van der Waals surface area contributed by atoms with Crippen molar-refractivity contribution < 1.29 is 4.74 Å². The summed E-state index contributed by atoms with van der Waals surface area (Å²) in [5.41, 5.74) is 6.12. The highest BCUT2D eigenvalue weighted by atomic mass is 16.5. The number of hydrogen-bond donors (Lipinski definition) is 1. The maximum atomic E-state index is 6.12. The van der Waals surface area contributed by atoms with Crippen LogP contribution < -0.4 is 5.73 Å². The fraction of sp³-hybridized carbons (Fsp3) is 1.00. The average Bonchev–Trinajstić information content (AvgIpc) is 2.45. The minimum Gasteiger partial charge on any atom is -0.380 e. The van der Waals surface area contributed by atoms with Crippen LogP contribution in [0.4, 0.5) is 0 Å². The summed E-state index contributed by atoms with van der Waals surface area (Å²) in [7, 11) is 0. The van der Waals surface area contributed by atoms with Gasteiger partial charge in [0.25, 0.3) is 0 Å². The van der Waals surface area contributed by atoms with Crippen LogP contribution in [0.1, 0.15) is 26.2 Å².